The zero-order chi connectivity index (χ0) is 31.4. The Morgan fingerprint density at radius 2 is 0.938 bits per heavy atom. The van der Waals surface area contributed by atoms with Crippen LogP contribution in [0.15, 0.2) is 170 Å². The van der Waals surface area contributed by atoms with E-state index < -0.39 is 5.41 Å². The van der Waals surface area contributed by atoms with E-state index in [1.807, 2.05) is 0 Å². The monoisotopic (exact) mass is 608 g/mol. The van der Waals surface area contributed by atoms with Gasteiger partial charge in [-0.1, -0.05) is 146 Å². The van der Waals surface area contributed by atoms with Crippen LogP contribution in [-0.4, -0.2) is 0 Å². The summed E-state index contributed by atoms with van der Waals surface area (Å²) in [4.78, 5) is 0. The second-order valence-electron chi connectivity index (χ2n) is 13.2. The van der Waals surface area contributed by atoms with Crippen LogP contribution in [-0.2, 0) is 5.41 Å². The van der Waals surface area contributed by atoms with Gasteiger partial charge in [0.05, 0.1) is 5.41 Å². The number of ether oxygens (including phenoxy) is 1. The summed E-state index contributed by atoms with van der Waals surface area (Å²) < 4.78 is 6.66. The van der Waals surface area contributed by atoms with Crippen molar-refractivity contribution in [1.82, 2.24) is 0 Å². The van der Waals surface area contributed by atoms with E-state index >= 15 is 0 Å². The van der Waals surface area contributed by atoms with Gasteiger partial charge in [-0.15, -0.1) is 0 Å². The van der Waals surface area contributed by atoms with E-state index in [9.17, 15) is 0 Å². The molecule has 0 fully saturated rings. The molecule has 2 aliphatic rings. The molecular formula is C47H28O. The summed E-state index contributed by atoms with van der Waals surface area (Å²) in [5.74, 6) is 1.83. The Hall–Kier alpha value is -6.18. The molecule has 9 aromatic carbocycles. The van der Waals surface area contributed by atoms with Crippen molar-refractivity contribution in [2.45, 2.75) is 5.41 Å². The van der Waals surface area contributed by atoms with Gasteiger partial charge >= 0.3 is 0 Å². The average molecular weight is 609 g/mol. The Balaban J connectivity index is 1.25. The summed E-state index contributed by atoms with van der Waals surface area (Å²) >= 11 is 0. The van der Waals surface area contributed by atoms with Crippen LogP contribution in [0.5, 0.6) is 11.5 Å². The third-order valence-electron chi connectivity index (χ3n) is 10.9. The third kappa shape index (κ3) is 3.30. The van der Waals surface area contributed by atoms with Crippen LogP contribution < -0.4 is 4.74 Å². The molecule has 0 saturated heterocycles. The Labute approximate surface area is 278 Å². The van der Waals surface area contributed by atoms with Crippen LogP contribution in [0.4, 0.5) is 0 Å². The number of rotatable bonds is 2. The third-order valence-corrected chi connectivity index (χ3v) is 10.9. The van der Waals surface area contributed by atoms with Gasteiger partial charge in [0.2, 0.25) is 0 Å². The fourth-order valence-corrected chi connectivity index (χ4v) is 8.85. The molecule has 1 heteroatoms. The van der Waals surface area contributed by atoms with Crippen molar-refractivity contribution < 1.29 is 4.74 Å². The SMILES string of the molecule is c1ccc(-c2ccc(-c3ccc4c(c3)C3(c5ccccc5Oc5ccccc53)c3cc5ccc6cccc7ccc(c3-4)c5c67)cc2)cc1. The van der Waals surface area contributed by atoms with Crippen LogP contribution >= 0.6 is 0 Å². The van der Waals surface area contributed by atoms with Gasteiger partial charge in [0, 0.05) is 11.1 Å². The first-order valence-electron chi connectivity index (χ1n) is 16.7. The van der Waals surface area contributed by atoms with Gasteiger partial charge in [0.1, 0.15) is 11.5 Å². The van der Waals surface area contributed by atoms with Crippen LogP contribution in [0.1, 0.15) is 22.3 Å². The smallest absolute Gasteiger partial charge is 0.132 e. The molecule has 1 aliphatic heterocycles. The first-order valence-corrected chi connectivity index (χ1v) is 16.7. The molecule has 48 heavy (non-hydrogen) atoms. The highest BCUT2D eigenvalue weighted by Gasteiger charge is 2.51. The largest absolute Gasteiger partial charge is 0.457 e. The number of hydrogen-bond donors (Lipinski definition) is 0. The van der Waals surface area contributed by atoms with Crippen molar-refractivity contribution >= 4 is 32.3 Å². The zero-order valence-corrected chi connectivity index (χ0v) is 26.1. The first kappa shape index (κ1) is 25.9. The Kier molecular flexibility index (Phi) is 5.10. The number of benzene rings is 9. The molecule has 1 spiro atoms. The van der Waals surface area contributed by atoms with Crippen LogP contribution in [0.3, 0.4) is 0 Å². The number of hydrogen-bond acceptors (Lipinski definition) is 1. The van der Waals surface area contributed by atoms with E-state index in [4.69, 9.17) is 4.74 Å². The molecule has 0 N–H and O–H groups in total. The molecular weight excluding hydrogens is 581 g/mol. The Bertz CT molecular complexity index is 2670. The van der Waals surface area contributed by atoms with E-state index in [0.29, 0.717) is 0 Å². The fraction of sp³-hybridized carbons (Fsp3) is 0.0213. The topological polar surface area (TPSA) is 9.23 Å². The highest BCUT2D eigenvalue weighted by Crippen LogP contribution is 2.64. The molecule has 0 aromatic heterocycles. The highest BCUT2D eigenvalue weighted by molar-refractivity contribution is 6.26. The highest BCUT2D eigenvalue weighted by atomic mass is 16.5. The summed E-state index contributed by atoms with van der Waals surface area (Å²) in [5.41, 5.74) is 12.0. The quantitative estimate of drug-likeness (QED) is 0.177. The van der Waals surface area contributed by atoms with Crippen molar-refractivity contribution in [3.63, 3.8) is 0 Å². The maximum atomic E-state index is 6.66. The summed E-state index contributed by atoms with van der Waals surface area (Å²) in [5, 5.41) is 7.86. The number of para-hydroxylation sites is 2. The molecule has 0 atom stereocenters. The molecule has 0 unspecified atom stereocenters. The van der Waals surface area contributed by atoms with E-state index in [-0.39, 0.29) is 0 Å². The minimum atomic E-state index is -0.541. The molecule has 1 aliphatic carbocycles. The molecule has 1 nitrogen and oxygen atoms in total. The maximum Gasteiger partial charge on any atom is 0.132 e. The zero-order valence-electron chi connectivity index (χ0n) is 26.1. The van der Waals surface area contributed by atoms with Crippen molar-refractivity contribution in [1.29, 1.82) is 0 Å². The minimum Gasteiger partial charge on any atom is -0.457 e. The molecule has 0 amide bonds. The predicted molar refractivity (Wildman–Crippen MR) is 198 cm³/mol. The van der Waals surface area contributed by atoms with Crippen molar-refractivity contribution in [3.8, 4) is 44.9 Å². The lowest BCUT2D eigenvalue weighted by Crippen LogP contribution is -2.32. The molecule has 0 saturated carbocycles. The Morgan fingerprint density at radius 1 is 0.354 bits per heavy atom. The maximum absolute atomic E-state index is 6.66. The standard InChI is InChI=1S/C47H28O/c1-2-9-29(10-3-1)30-17-19-31(20-18-30)34-24-25-36-40(27-34)47(38-13-4-6-15-42(38)48-43-16-7-5-14-39(43)47)41-28-35-22-21-32-11-8-12-33-23-26-37(46(36)41)45(35)44(32)33/h1-28H. The van der Waals surface area contributed by atoms with E-state index in [1.54, 1.807) is 0 Å². The van der Waals surface area contributed by atoms with Gasteiger partial charge in [-0.05, 0) is 101 Å². The van der Waals surface area contributed by atoms with Gasteiger partial charge < -0.3 is 4.74 Å². The van der Waals surface area contributed by atoms with Crippen molar-refractivity contribution in [3.05, 3.63) is 192 Å². The van der Waals surface area contributed by atoms with E-state index in [0.717, 1.165) is 11.5 Å². The molecule has 0 radical (unpaired) electrons. The van der Waals surface area contributed by atoms with Gasteiger partial charge in [-0.2, -0.15) is 0 Å². The van der Waals surface area contributed by atoms with Crippen LogP contribution in [0.2, 0.25) is 0 Å². The lowest BCUT2D eigenvalue weighted by Gasteiger charge is -2.39. The lowest BCUT2D eigenvalue weighted by molar-refractivity contribution is 0.436. The average Bonchev–Trinajstić information content (AvgIpc) is 3.44. The molecule has 0 bridgehead atoms. The van der Waals surface area contributed by atoms with E-state index in [1.165, 1.54) is 88.0 Å². The minimum absolute atomic E-state index is 0.541. The van der Waals surface area contributed by atoms with Crippen LogP contribution in [0.25, 0.3) is 65.7 Å². The van der Waals surface area contributed by atoms with Gasteiger partial charge in [-0.3, -0.25) is 0 Å². The normalized spacial score (nSPS) is 13.8. The number of fused-ring (bicyclic) bond motifs is 10. The van der Waals surface area contributed by atoms with Crippen molar-refractivity contribution in [2.24, 2.45) is 0 Å². The molecule has 1 heterocycles. The summed E-state index contributed by atoms with van der Waals surface area (Å²) in [6.45, 7) is 0. The van der Waals surface area contributed by atoms with Gasteiger partial charge in [0.25, 0.3) is 0 Å². The second-order valence-corrected chi connectivity index (χ2v) is 13.2. The van der Waals surface area contributed by atoms with Gasteiger partial charge in [0.15, 0.2) is 0 Å². The summed E-state index contributed by atoms with van der Waals surface area (Å²) in [7, 11) is 0. The first-order chi connectivity index (χ1) is 23.8. The molecule has 11 rings (SSSR count). The molecule has 9 aromatic rings. The van der Waals surface area contributed by atoms with Gasteiger partial charge in [-0.25, -0.2) is 0 Å². The van der Waals surface area contributed by atoms with Crippen molar-refractivity contribution in [2.75, 3.05) is 0 Å². The summed E-state index contributed by atoms with van der Waals surface area (Å²) in [6.07, 6.45) is 0. The van der Waals surface area contributed by atoms with Crippen LogP contribution in [0, 0.1) is 0 Å². The molecule has 222 valence electrons. The summed E-state index contributed by atoms with van der Waals surface area (Å²) in [6, 6.07) is 62.4. The van der Waals surface area contributed by atoms with E-state index in [2.05, 4.69) is 170 Å². The second kappa shape index (κ2) is 9.44. The fourth-order valence-electron chi connectivity index (χ4n) is 8.85. The Morgan fingerprint density at radius 3 is 1.67 bits per heavy atom. The lowest BCUT2D eigenvalue weighted by atomic mass is 9.65. The predicted octanol–water partition coefficient (Wildman–Crippen LogP) is 12.4.